The summed E-state index contributed by atoms with van der Waals surface area (Å²) in [5.41, 5.74) is 1.96. The first-order valence-corrected chi connectivity index (χ1v) is 6.01. The van der Waals surface area contributed by atoms with Gasteiger partial charge in [0.05, 0.1) is 6.54 Å². The van der Waals surface area contributed by atoms with Crippen molar-refractivity contribution in [1.29, 1.82) is 0 Å². The second kappa shape index (κ2) is 5.23. The van der Waals surface area contributed by atoms with Crippen molar-refractivity contribution < 1.29 is 14.3 Å². The summed E-state index contributed by atoms with van der Waals surface area (Å²) in [5.74, 6) is 0.122. The van der Waals surface area contributed by atoms with Crippen molar-refractivity contribution in [1.82, 2.24) is 4.90 Å². The molecule has 1 aromatic heterocycles. The van der Waals surface area contributed by atoms with Crippen molar-refractivity contribution in [3.8, 4) is 0 Å². The number of carboxylic acid groups (broad SMARTS) is 1. The zero-order valence-corrected chi connectivity index (χ0v) is 10.6. The molecule has 1 heterocycles. The third kappa shape index (κ3) is 2.54. The molecule has 0 fully saturated rings. The quantitative estimate of drug-likeness (QED) is 0.882. The molecule has 18 heavy (non-hydrogen) atoms. The number of carbonyl (C=O) groups is 1. The molecule has 0 aliphatic heterocycles. The fraction of sp³-hybridized carbons (Fsp3) is 0.357. The molecule has 1 aromatic carbocycles. The number of hydrogen-bond donors (Lipinski definition) is 1. The molecule has 0 atom stereocenters. The van der Waals surface area contributed by atoms with Gasteiger partial charge in [0, 0.05) is 23.9 Å². The molecule has 0 radical (unpaired) electrons. The molecular formula is C14H17NO3. The molecule has 0 saturated heterocycles. The van der Waals surface area contributed by atoms with Gasteiger partial charge >= 0.3 is 5.97 Å². The fourth-order valence-electron chi connectivity index (χ4n) is 2.17. The summed E-state index contributed by atoms with van der Waals surface area (Å²) in [7, 11) is 1.80. The SMILES string of the molecule is CCc1oc2ccccc2c1CN(C)CC(=O)O. The van der Waals surface area contributed by atoms with Gasteiger partial charge < -0.3 is 9.52 Å². The van der Waals surface area contributed by atoms with Gasteiger partial charge in [-0.3, -0.25) is 9.69 Å². The fourth-order valence-corrected chi connectivity index (χ4v) is 2.17. The third-order valence-corrected chi connectivity index (χ3v) is 2.94. The number of carboxylic acids is 1. The molecule has 0 saturated carbocycles. The minimum absolute atomic E-state index is 0.0304. The molecule has 1 N–H and O–H groups in total. The number of rotatable bonds is 5. The number of nitrogens with zero attached hydrogens (tertiary/aromatic N) is 1. The van der Waals surface area contributed by atoms with Crippen LogP contribution < -0.4 is 0 Å². The van der Waals surface area contributed by atoms with Gasteiger partial charge in [-0.05, 0) is 13.1 Å². The Morgan fingerprint density at radius 3 is 2.78 bits per heavy atom. The largest absolute Gasteiger partial charge is 0.480 e. The lowest BCUT2D eigenvalue weighted by Crippen LogP contribution is -2.25. The van der Waals surface area contributed by atoms with Gasteiger partial charge in [0.2, 0.25) is 0 Å². The Morgan fingerprint density at radius 1 is 1.39 bits per heavy atom. The van der Waals surface area contributed by atoms with Crippen LogP contribution in [0.3, 0.4) is 0 Å². The minimum atomic E-state index is -0.816. The van der Waals surface area contributed by atoms with Crippen LogP contribution in [0.15, 0.2) is 28.7 Å². The normalized spacial score (nSPS) is 11.3. The van der Waals surface area contributed by atoms with Crippen molar-refractivity contribution in [2.75, 3.05) is 13.6 Å². The predicted molar refractivity (Wildman–Crippen MR) is 69.6 cm³/mol. The van der Waals surface area contributed by atoms with Crippen LogP contribution in [-0.2, 0) is 17.8 Å². The third-order valence-electron chi connectivity index (χ3n) is 2.94. The first-order chi connectivity index (χ1) is 8.61. The van der Waals surface area contributed by atoms with Gasteiger partial charge in [-0.1, -0.05) is 25.1 Å². The van der Waals surface area contributed by atoms with E-state index in [-0.39, 0.29) is 6.54 Å². The highest BCUT2D eigenvalue weighted by molar-refractivity contribution is 5.82. The van der Waals surface area contributed by atoms with Crippen molar-refractivity contribution in [3.63, 3.8) is 0 Å². The standard InChI is InChI=1S/C14H17NO3/c1-3-12-11(8-15(2)9-14(16)17)10-6-4-5-7-13(10)18-12/h4-7H,3,8-9H2,1-2H3,(H,16,17). The number of aliphatic carboxylic acids is 1. The molecule has 2 rings (SSSR count). The maximum Gasteiger partial charge on any atom is 0.317 e. The zero-order valence-electron chi connectivity index (χ0n) is 10.6. The second-order valence-electron chi connectivity index (χ2n) is 4.42. The summed E-state index contributed by atoms with van der Waals surface area (Å²) >= 11 is 0. The number of aryl methyl sites for hydroxylation is 1. The number of para-hydroxylation sites is 1. The molecule has 4 heteroatoms. The van der Waals surface area contributed by atoms with Gasteiger partial charge in [0.1, 0.15) is 11.3 Å². The summed E-state index contributed by atoms with van der Waals surface area (Å²) in [4.78, 5) is 12.5. The number of likely N-dealkylation sites (N-methyl/N-ethyl adjacent to an activating group) is 1. The molecular weight excluding hydrogens is 230 g/mol. The Kier molecular flexibility index (Phi) is 3.67. The van der Waals surface area contributed by atoms with E-state index >= 15 is 0 Å². The van der Waals surface area contributed by atoms with Crippen LogP contribution in [0, 0.1) is 0 Å². The van der Waals surface area contributed by atoms with Crippen molar-refractivity contribution in [3.05, 3.63) is 35.6 Å². The van der Waals surface area contributed by atoms with E-state index in [1.54, 1.807) is 11.9 Å². The predicted octanol–water partition coefficient (Wildman–Crippen LogP) is 2.51. The summed E-state index contributed by atoms with van der Waals surface area (Å²) in [5, 5.41) is 9.86. The average molecular weight is 247 g/mol. The van der Waals surface area contributed by atoms with Crippen LogP contribution in [0.4, 0.5) is 0 Å². The molecule has 2 aromatic rings. The number of fused-ring (bicyclic) bond motifs is 1. The Bertz CT molecular complexity index is 559. The van der Waals surface area contributed by atoms with E-state index in [0.717, 1.165) is 28.7 Å². The highest BCUT2D eigenvalue weighted by atomic mass is 16.4. The zero-order chi connectivity index (χ0) is 13.1. The van der Waals surface area contributed by atoms with Crippen LogP contribution in [0.25, 0.3) is 11.0 Å². The monoisotopic (exact) mass is 247 g/mol. The first-order valence-electron chi connectivity index (χ1n) is 6.01. The second-order valence-corrected chi connectivity index (χ2v) is 4.42. The maximum absolute atomic E-state index is 10.7. The van der Waals surface area contributed by atoms with E-state index < -0.39 is 5.97 Å². The summed E-state index contributed by atoms with van der Waals surface area (Å²) in [6, 6.07) is 7.87. The van der Waals surface area contributed by atoms with Crippen molar-refractivity contribution >= 4 is 16.9 Å². The highest BCUT2D eigenvalue weighted by Gasteiger charge is 2.15. The summed E-state index contributed by atoms with van der Waals surface area (Å²) in [6.07, 6.45) is 0.810. The van der Waals surface area contributed by atoms with Crippen LogP contribution in [-0.4, -0.2) is 29.6 Å². The van der Waals surface area contributed by atoms with E-state index in [0.29, 0.717) is 6.54 Å². The average Bonchev–Trinajstić information content (AvgIpc) is 2.66. The molecule has 4 nitrogen and oxygen atoms in total. The van der Waals surface area contributed by atoms with Crippen LogP contribution in [0.2, 0.25) is 0 Å². The highest BCUT2D eigenvalue weighted by Crippen LogP contribution is 2.27. The van der Waals surface area contributed by atoms with E-state index in [2.05, 4.69) is 0 Å². The van der Waals surface area contributed by atoms with Crippen molar-refractivity contribution in [2.24, 2.45) is 0 Å². The van der Waals surface area contributed by atoms with Gasteiger partial charge in [-0.2, -0.15) is 0 Å². The van der Waals surface area contributed by atoms with Gasteiger partial charge in [0.25, 0.3) is 0 Å². The molecule has 0 spiro atoms. The van der Waals surface area contributed by atoms with Gasteiger partial charge in [-0.15, -0.1) is 0 Å². The molecule has 0 aliphatic rings. The smallest absolute Gasteiger partial charge is 0.317 e. The Hall–Kier alpha value is -1.81. The minimum Gasteiger partial charge on any atom is -0.480 e. The number of furan rings is 1. The molecule has 96 valence electrons. The van der Waals surface area contributed by atoms with E-state index in [4.69, 9.17) is 9.52 Å². The number of benzene rings is 1. The topological polar surface area (TPSA) is 53.7 Å². The van der Waals surface area contributed by atoms with E-state index in [9.17, 15) is 4.79 Å². The Labute approximate surface area is 106 Å². The maximum atomic E-state index is 10.7. The number of hydrogen-bond acceptors (Lipinski definition) is 3. The van der Waals surface area contributed by atoms with Gasteiger partial charge in [0.15, 0.2) is 0 Å². The Balaban J connectivity index is 2.33. The molecule has 0 unspecified atom stereocenters. The Morgan fingerprint density at radius 2 is 2.11 bits per heavy atom. The van der Waals surface area contributed by atoms with E-state index in [1.165, 1.54) is 0 Å². The molecule has 0 aliphatic carbocycles. The summed E-state index contributed by atoms with van der Waals surface area (Å²) < 4.78 is 5.78. The summed E-state index contributed by atoms with van der Waals surface area (Å²) in [6.45, 7) is 2.66. The first kappa shape index (κ1) is 12.6. The molecule has 0 amide bonds. The molecule has 0 bridgehead atoms. The lowest BCUT2D eigenvalue weighted by molar-refractivity contribution is -0.138. The lowest BCUT2D eigenvalue weighted by Gasteiger charge is -2.13. The van der Waals surface area contributed by atoms with Gasteiger partial charge in [-0.25, -0.2) is 0 Å². The van der Waals surface area contributed by atoms with E-state index in [1.807, 2.05) is 31.2 Å². The van der Waals surface area contributed by atoms with Crippen molar-refractivity contribution in [2.45, 2.75) is 19.9 Å². The lowest BCUT2D eigenvalue weighted by atomic mass is 10.1. The van der Waals surface area contributed by atoms with Crippen LogP contribution in [0.1, 0.15) is 18.2 Å². The van der Waals surface area contributed by atoms with Crippen LogP contribution >= 0.6 is 0 Å². The van der Waals surface area contributed by atoms with Crippen LogP contribution in [0.5, 0.6) is 0 Å².